The van der Waals surface area contributed by atoms with Crippen molar-refractivity contribution < 1.29 is 18.3 Å². The molecule has 0 rings (SSSR count). The lowest BCUT2D eigenvalue weighted by atomic mass is 10.6. The van der Waals surface area contributed by atoms with Gasteiger partial charge in [-0.2, -0.15) is 0 Å². The van der Waals surface area contributed by atoms with Crippen LogP contribution in [0.2, 0.25) is 0 Å². The topological polar surface area (TPSA) is 57.1 Å². The fourth-order valence-electron chi connectivity index (χ4n) is 1.00. The first-order valence-electron chi connectivity index (χ1n) is 5.29. The Balaban J connectivity index is 4.70. The van der Waals surface area contributed by atoms with Crippen molar-refractivity contribution in [3.63, 3.8) is 0 Å². The van der Waals surface area contributed by atoms with E-state index in [1.54, 1.807) is 13.8 Å². The van der Waals surface area contributed by atoms with E-state index in [0.717, 1.165) is 0 Å². The number of aliphatic imine (C=N–C) groups is 1. The molecule has 0 unspecified atom stereocenters. The predicted octanol–water partition coefficient (Wildman–Crippen LogP) is 2.83. The summed E-state index contributed by atoms with van der Waals surface area (Å²) >= 11 is 0. The Morgan fingerprint density at radius 3 is 2.19 bits per heavy atom. The van der Waals surface area contributed by atoms with E-state index >= 15 is 0 Å². The van der Waals surface area contributed by atoms with Crippen molar-refractivity contribution in [1.29, 1.82) is 0 Å². The Morgan fingerprint density at radius 2 is 1.81 bits per heavy atom. The highest BCUT2D eigenvalue weighted by Crippen LogP contribution is 2.53. The van der Waals surface area contributed by atoms with E-state index in [2.05, 4.69) is 11.6 Å². The molecule has 0 amide bonds. The first kappa shape index (κ1) is 15.4. The molecule has 0 bridgehead atoms. The maximum absolute atomic E-state index is 12.3. The number of rotatable bonds is 9. The number of ether oxygens (including phenoxy) is 1. The monoisotopic (exact) mass is 249 g/mol. The van der Waals surface area contributed by atoms with Crippen LogP contribution in [0.4, 0.5) is 0 Å². The summed E-state index contributed by atoms with van der Waals surface area (Å²) in [5.74, 6) is -0.723. The molecule has 0 aliphatic heterocycles. The van der Waals surface area contributed by atoms with E-state index in [-0.39, 0.29) is 0 Å². The Hall–Kier alpha value is -0.640. The lowest BCUT2D eigenvalue weighted by Crippen LogP contribution is -2.09. The molecule has 0 fully saturated rings. The second-order valence-corrected chi connectivity index (χ2v) is 4.86. The molecular formula is C10H20NO4P. The highest BCUT2D eigenvalue weighted by molar-refractivity contribution is 7.54. The molecule has 16 heavy (non-hydrogen) atoms. The quantitative estimate of drug-likeness (QED) is 0.273. The Morgan fingerprint density at radius 1 is 1.25 bits per heavy atom. The van der Waals surface area contributed by atoms with Gasteiger partial charge in [-0.05, 0) is 20.8 Å². The average molecular weight is 249 g/mol. The van der Waals surface area contributed by atoms with Crippen LogP contribution < -0.4 is 0 Å². The van der Waals surface area contributed by atoms with Gasteiger partial charge in [0.2, 0.25) is 0 Å². The van der Waals surface area contributed by atoms with Gasteiger partial charge in [0.25, 0.3) is 0 Å². The fourth-order valence-corrected chi connectivity index (χ4v) is 2.58. The normalized spacial score (nSPS) is 13.9. The summed E-state index contributed by atoms with van der Waals surface area (Å²) in [7, 11) is -3.27. The van der Waals surface area contributed by atoms with E-state index in [9.17, 15) is 4.57 Å². The van der Waals surface area contributed by atoms with Crippen LogP contribution in [0, 0.1) is 0 Å². The first-order valence-corrected chi connectivity index (χ1v) is 6.90. The van der Waals surface area contributed by atoms with Gasteiger partial charge in [-0.1, -0.05) is 6.08 Å². The van der Waals surface area contributed by atoms with Gasteiger partial charge >= 0.3 is 7.60 Å². The average Bonchev–Trinajstić information content (AvgIpc) is 2.25. The van der Waals surface area contributed by atoms with Crippen molar-refractivity contribution in [2.45, 2.75) is 26.6 Å². The summed E-state index contributed by atoms with van der Waals surface area (Å²) in [6, 6.07) is 0. The van der Waals surface area contributed by atoms with Crippen LogP contribution in [0.1, 0.15) is 20.8 Å². The van der Waals surface area contributed by atoms with Gasteiger partial charge in [0.15, 0.2) is 12.2 Å². The number of hydrogen-bond donors (Lipinski definition) is 0. The molecule has 1 atom stereocenters. The molecule has 0 saturated heterocycles. The molecule has 0 aromatic heterocycles. The van der Waals surface area contributed by atoms with Crippen molar-refractivity contribution in [1.82, 2.24) is 0 Å². The van der Waals surface area contributed by atoms with Crippen molar-refractivity contribution in [3.8, 4) is 0 Å². The zero-order valence-corrected chi connectivity index (χ0v) is 11.0. The maximum Gasteiger partial charge on any atom is 0.358 e. The minimum Gasteiger partial charge on any atom is -0.484 e. The van der Waals surface area contributed by atoms with Gasteiger partial charge in [-0.3, -0.25) is 4.57 Å². The summed E-state index contributed by atoms with van der Waals surface area (Å²) in [5, 5.41) is 0. The molecule has 0 spiro atoms. The third-order valence-electron chi connectivity index (χ3n) is 1.61. The highest BCUT2D eigenvalue weighted by atomic mass is 31.2. The van der Waals surface area contributed by atoms with Crippen molar-refractivity contribution in [3.05, 3.63) is 12.7 Å². The zero-order valence-electron chi connectivity index (χ0n) is 10.1. The molecule has 0 aromatic rings. The zero-order chi connectivity index (χ0) is 12.4. The summed E-state index contributed by atoms with van der Waals surface area (Å²) in [6.07, 6.45) is 2.68. The van der Waals surface area contributed by atoms with Crippen LogP contribution in [0.3, 0.4) is 0 Å². The van der Waals surface area contributed by atoms with Gasteiger partial charge in [-0.25, -0.2) is 4.99 Å². The second-order valence-electron chi connectivity index (χ2n) is 2.73. The van der Waals surface area contributed by atoms with Crippen molar-refractivity contribution in [2.24, 2.45) is 4.99 Å². The Kier molecular flexibility index (Phi) is 8.16. The van der Waals surface area contributed by atoms with Gasteiger partial charge in [0.1, 0.15) is 0 Å². The smallest absolute Gasteiger partial charge is 0.358 e. The predicted molar refractivity (Wildman–Crippen MR) is 65.0 cm³/mol. The third-order valence-corrected chi connectivity index (χ3v) is 3.84. The molecule has 5 nitrogen and oxygen atoms in total. The lowest BCUT2D eigenvalue weighted by Gasteiger charge is -2.20. The van der Waals surface area contributed by atoms with E-state index in [1.807, 2.05) is 6.92 Å². The van der Waals surface area contributed by atoms with Crippen LogP contribution >= 0.6 is 7.60 Å². The third kappa shape index (κ3) is 4.92. The fraction of sp³-hybridized carbons (Fsp3) is 0.700. The molecule has 94 valence electrons. The van der Waals surface area contributed by atoms with Crippen LogP contribution in [-0.4, -0.2) is 32.0 Å². The molecule has 6 heteroatoms. The van der Waals surface area contributed by atoms with Crippen LogP contribution in [0.25, 0.3) is 0 Å². The Labute approximate surface area is 97.0 Å². The molecule has 0 aliphatic rings. The summed E-state index contributed by atoms with van der Waals surface area (Å²) < 4.78 is 27.5. The van der Waals surface area contributed by atoms with E-state index in [0.29, 0.717) is 19.8 Å². The molecule has 0 aromatic carbocycles. The molecule has 0 N–H and O–H groups in total. The molecule has 0 aliphatic carbocycles. The van der Waals surface area contributed by atoms with Crippen molar-refractivity contribution in [2.75, 3.05) is 19.8 Å². The van der Waals surface area contributed by atoms with Crippen LogP contribution in [0.15, 0.2) is 17.6 Å². The SMILES string of the molecule is C=C[C@H](/N=C/OCC)P(=O)(OCC)OCC. The molecular weight excluding hydrogens is 229 g/mol. The number of nitrogens with zero attached hydrogens (tertiary/aromatic N) is 1. The van der Waals surface area contributed by atoms with Crippen LogP contribution in [-0.2, 0) is 18.3 Å². The summed E-state index contributed by atoms with van der Waals surface area (Å²) in [4.78, 5) is 3.96. The first-order chi connectivity index (χ1) is 7.64. The summed E-state index contributed by atoms with van der Waals surface area (Å²) in [6.45, 7) is 9.99. The second kappa shape index (κ2) is 8.50. The van der Waals surface area contributed by atoms with Gasteiger partial charge in [-0.15, -0.1) is 6.58 Å². The highest BCUT2D eigenvalue weighted by Gasteiger charge is 2.32. The van der Waals surface area contributed by atoms with Crippen molar-refractivity contribution >= 4 is 14.0 Å². The van der Waals surface area contributed by atoms with E-state index < -0.39 is 13.4 Å². The molecule has 0 radical (unpaired) electrons. The Bertz CT molecular complexity index is 258. The molecule has 0 heterocycles. The van der Waals surface area contributed by atoms with E-state index in [4.69, 9.17) is 13.8 Å². The number of hydrogen-bond acceptors (Lipinski definition) is 5. The summed E-state index contributed by atoms with van der Waals surface area (Å²) in [5.41, 5.74) is 0. The van der Waals surface area contributed by atoms with Gasteiger partial charge in [0, 0.05) is 0 Å². The standard InChI is InChI=1S/C10H20NO4P/c1-5-10(11-9-13-6-2)16(12,14-7-3)15-8-4/h5,9-10H,1,6-8H2,2-4H3/b11-9+/t10-/m1/s1. The van der Waals surface area contributed by atoms with Gasteiger partial charge < -0.3 is 13.8 Å². The van der Waals surface area contributed by atoms with Crippen LogP contribution in [0.5, 0.6) is 0 Å². The van der Waals surface area contributed by atoms with E-state index in [1.165, 1.54) is 12.5 Å². The minimum atomic E-state index is -3.27. The maximum atomic E-state index is 12.3. The largest absolute Gasteiger partial charge is 0.484 e. The lowest BCUT2D eigenvalue weighted by molar-refractivity contribution is 0.215. The van der Waals surface area contributed by atoms with Gasteiger partial charge in [0.05, 0.1) is 19.8 Å². The minimum absolute atomic E-state index is 0.297. The molecule has 0 saturated carbocycles.